The summed E-state index contributed by atoms with van der Waals surface area (Å²) in [4.78, 5) is 28.3. The molecule has 0 radical (unpaired) electrons. The molecular formula is C19H19N5O2. The lowest BCUT2D eigenvalue weighted by Gasteiger charge is -2.11. The van der Waals surface area contributed by atoms with Crippen LogP contribution in [-0.2, 0) is 4.79 Å². The molecule has 26 heavy (non-hydrogen) atoms. The fraction of sp³-hybridized carbons (Fsp3) is 0.158. The Bertz CT molecular complexity index is 906. The number of carbonyl (C=O) groups is 2. The summed E-state index contributed by atoms with van der Waals surface area (Å²) in [6, 6.07) is 14.7. The standard InChI is InChI=1S/C19H19N5O2/c1-14-6-2-3-7-15(14)19(26)21-11-10-18(25)23-16-8-4-5-9-17(16)24-13-20-12-22-24/h2-9,12-13H,10-11H2,1H3,(H,21,26)(H,23,25). The van der Waals surface area contributed by atoms with E-state index in [0.29, 0.717) is 11.3 Å². The van der Waals surface area contributed by atoms with Gasteiger partial charge in [-0.05, 0) is 30.7 Å². The van der Waals surface area contributed by atoms with Crippen LogP contribution >= 0.6 is 0 Å². The second-order valence-corrected chi connectivity index (χ2v) is 5.73. The molecular weight excluding hydrogens is 330 g/mol. The minimum atomic E-state index is -0.192. The third kappa shape index (κ3) is 4.13. The van der Waals surface area contributed by atoms with Crippen molar-refractivity contribution in [2.24, 2.45) is 0 Å². The minimum absolute atomic E-state index is 0.170. The van der Waals surface area contributed by atoms with E-state index in [4.69, 9.17) is 0 Å². The van der Waals surface area contributed by atoms with Crippen molar-refractivity contribution in [1.82, 2.24) is 20.1 Å². The van der Waals surface area contributed by atoms with E-state index < -0.39 is 0 Å². The fourth-order valence-corrected chi connectivity index (χ4v) is 2.54. The predicted octanol–water partition coefficient (Wildman–Crippen LogP) is 2.33. The SMILES string of the molecule is Cc1ccccc1C(=O)NCCC(=O)Nc1ccccc1-n1cncn1. The van der Waals surface area contributed by atoms with Crippen molar-refractivity contribution in [2.45, 2.75) is 13.3 Å². The first kappa shape index (κ1) is 17.3. The van der Waals surface area contributed by atoms with Gasteiger partial charge in [0, 0.05) is 18.5 Å². The molecule has 7 heteroatoms. The van der Waals surface area contributed by atoms with E-state index in [-0.39, 0.29) is 24.8 Å². The van der Waals surface area contributed by atoms with Crippen molar-refractivity contribution in [3.05, 3.63) is 72.3 Å². The molecule has 0 spiro atoms. The highest BCUT2D eigenvalue weighted by molar-refractivity contribution is 5.96. The molecule has 1 aromatic heterocycles. The number of carbonyl (C=O) groups excluding carboxylic acids is 2. The Balaban J connectivity index is 1.56. The van der Waals surface area contributed by atoms with E-state index in [9.17, 15) is 9.59 Å². The lowest BCUT2D eigenvalue weighted by molar-refractivity contribution is -0.116. The Kier molecular flexibility index (Phi) is 5.38. The number of amides is 2. The summed E-state index contributed by atoms with van der Waals surface area (Å²) in [5.74, 6) is -0.374. The molecule has 2 aromatic carbocycles. The number of benzene rings is 2. The summed E-state index contributed by atoms with van der Waals surface area (Å²) >= 11 is 0. The topological polar surface area (TPSA) is 88.9 Å². The van der Waals surface area contributed by atoms with Gasteiger partial charge in [-0.3, -0.25) is 9.59 Å². The van der Waals surface area contributed by atoms with Gasteiger partial charge in [-0.2, -0.15) is 5.10 Å². The Morgan fingerprint density at radius 3 is 2.62 bits per heavy atom. The van der Waals surface area contributed by atoms with Crippen molar-refractivity contribution in [3.63, 3.8) is 0 Å². The summed E-state index contributed by atoms with van der Waals surface area (Å²) in [7, 11) is 0. The predicted molar refractivity (Wildman–Crippen MR) is 98.1 cm³/mol. The third-order valence-electron chi connectivity index (χ3n) is 3.87. The minimum Gasteiger partial charge on any atom is -0.352 e. The van der Waals surface area contributed by atoms with Gasteiger partial charge in [0.05, 0.1) is 11.4 Å². The largest absolute Gasteiger partial charge is 0.352 e. The van der Waals surface area contributed by atoms with Crippen molar-refractivity contribution in [1.29, 1.82) is 0 Å². The summed E-state index contributed by atoms with van der Waals surface area (Å²) in [5, 5.41) is 9.70. The number of rotatable bonds is 6. The molecule has 2 amide bonds. The number of anilines is 1. The van der Waals surface area contributed by atoms with Crippen molar-refractivity contribution < 1.29 is 9.59 Å². The van der Waals surface area contributed by atoms with Crippen molar-refractivity contribution in [3.8, 4) is 5.69 Å². The molecule has 7 nitrogen and oxygen atoms in total. The third-order valence-corrected chi connectivity index (χ3v) is 3.87. The van der Waals surface area contributed by atoms with E-state index in [2.05, 4.69) is 20.7 Å². The highest BCUT2D eigenvalue weighted by Gasteiger charge is 2.11. The zero-order valence-electron chi connectivity index (χ0n) is 14.3. The molecule has 0 aliphatic carbocycles. The van der Waals surface area contributed by atoms with Crippen LogP contribution in [0.2, 0.25) is 0 Å². The van der Waals surface area contributed by atoms with Gasteiger partial charge >= 0.3 is 0 Å². The average Bonchev–Trinajstić information content (AvgIpc) is 3.17. The summed E-state index contributed by atoms with van der Waals surface area (Å²) in [5.41, 5.74) is 2.87. The molecule has 0 saturated heterocycles. The molecule has 0 aliphatic heterocycles. The number of aromatic nitrogens is 3. The summed E-state index contributed by atoms with van der Waals surface area (Å²) in [6.07, 6.45) is 3.16. The van der Waals surface area contributed by atoms with E-state index in [0.717, 1.165) is 11.3 Å². The first-order chi connectivity index (χ1) is 12.6. The van der Waals surface area contributed by atoms with E-state index in [1.807, 2.05) is 43.3 Å². The molecule has 0 fully saturated rings. The van der Waals surface area contributed by atoms with Gasteiger partial charge in [-0.25, -0.2) is 9.67 Å². The number of aryl methyl sites for hydroxylation is 1. The first-order valence-corrected chi connectivity index (χ1v) is 8.23. The van der Waals surface area contributed by atoms with Gasteiger partial charge in [0.25, 0.3) is 5.91 Å². The van der Waals surface area contributed by atoms with Crippen LogP contribution in [0.1, 0.15) is 22.3 Å². The maximum Gasteiger partial charge on any atom is 0.251 e. The molecule has 0 bridgehead atoms. The highest BCUT2D eigenvalue weighted by Crippen LogP contribution is 2.18. The van der Waals surface area contributed by atoms with Crippen LogP contribution in [0, 0.1) is 6.92 Å². The van der Waals surface area contributed by atoms with Crippen LogP contribution in [-0.4, -0.2) is 33.1 Å². The fourth-order valence-electron chi connectivity index (χ4n) is 2.54. The lowest BCUT2D eigenvalue weighted by Crippen LogP contribution is -2.28. The quantitative estimate of drug-likeness (QED) is 0.715. The Morgan fingerprint density at radius 1 is 1.08 bits per heavy atom. The molecule has 0 unspecified atom stereocenters. The molecule has 3 aromatic rings. The average molecular weight is 349 g/mol. The van der Waals surface area contributed by atoms with Gasteiger partial charge in [-0.15, -0.1) is 0 Å². The van der Waals surface area contributed by atoms with E-state index >= 15 is 0 Å². The molecule has 0 aliphatic rings. The molecule has 0 saturated carbocycles. The second-order valence-electron chi connectivity index (χ2n) is 5.73. The monoisotopic (exact) mass is 349 g/mol. The van der Waals surface area contributed by atoms with Gasteiger partial charge in [0.15, 0.2) is 0 Å². The normalized spacial score (nSPS) is 10.3. The number of hydrogen-bond donors (Lipinski definition) is 2. The Labute approximate surface area is 151 Å². The second kappa shape index (κ2) is 8.06. The van der Waals surface area contributed by atoms with Crippen LogP contribution in [0.3, 0.4) is 0 Å². The van der Waals surface area contributed by atoms with Gasteiger partial charge in [0.1, 0.15) is 12.7 Å². The number of hydrogen-bond acceptors (Lipinski definition) is 4. The van der Waals surface area contributed by atoms with Gasteiger partial charge < -0.3 is 10.6 Å². The lowest BCUT2D eigenvalue weighted by atomic mass is 10.1. The van der Waals surface area contributed by atoms with Crippen LogP contribution in [0.5, 0.6) is 0 Å². The summed E-state index contributed by atoms with van der Waals surface area (Å²) < 4.78 is 1.58. The van der Waals surface area contributed by atoms with Crippen LogP contribution in [0.15, 0.2) is 61.2 Å². The number of nitrogens with one attached hydrogen (secondary N) is 2. The smallest absolute Gasteiger partial charge is 0.251 e. The van der Waals surface area contributed by atoms with E-state index in [1.54, 1.807) is 23.1 Å². The van der Waals surface area contributed by atoms with Gasteiger partial charge in [0.2, 0.25) is 5.91 Å². The summed E-state index contributed by atoms with van der Waals surface area (Å²) in [6.45, 7) is 2.13. The maximum absolute atomic E-state index is 12.2. The highest BCUT2D eigenvalue weighted by atomic mass is 16.2. The van der Waals surface area contributed by atoms with Crippen molar-refractivity contribution >= 4 is 17.5 Å². The molecule has 0 atom stereocenters. The maximum atomic E-state index is 12.2. The zero-order valence-corrected chi connectivity index (χ0v) is 14.3. The van der Waals surface area contributed by atoms with Crippen LogP contribution < -0.4 is 10.6 Å². The molecule has 132 valence electrons. The van der Waals surface area contributed by atoms with Gasteiger partial charge in [-0.1, -0.05) is 30.3 Å². The molecule has 3 rings (SSSR count). The van der Waals surface area contributed by atoms with Crippen LogP contribution in [0.25, 0.3) is 5.69 Å². The Morgan fingerprint density at radius 2 is 1.85 bits per heavy atom. The van der Waals surface area contributed by atoms with Crippen molar-refractivity contribution in [2.75, 3.05) is 11.9 Å². The molecule has 1 heterocycles. The van der Waals surface area contributed by atoms with E-state index in [1.165, 1.54) is 6.33 Å². The number of nitrogens with zero attached hydrogens (tertiary/aromatic N) is 3. The number of para-hydroxylation sites is 2. The zero-order chi connectivity index (χ0) is 18.4. The molecule has 2 N–H and O–H groups in total. The van der Waals surface area contributed by atoms with Crippen LogP contribution in [0.4, 0.5) is 5.69 Å². The first-order valence-electron chi connectivity index (χ1n) is 8.23. The Hall–Kier alpha value is -3.48.